The molecule has 0 bridgehead atoms. The van der Waals surface area contributed by atoms with Gasteiger partial charge in [-0.05, 0) is 23.8 Å². The molecule has 2 aromatic rings. The molecule has 3 N–H and O–H groups in total. The number of hydrogen-bond acceptors (Lipinski definition) is 6. The van der Waals surface area contributed by atoms with Gasteiger partial charge in [0.25, 0.3) is 0 Å². The van der Waals surface area contributed by atoms with Crippen LogP contribution in [-0.4, -0.2) is 23.7 Å². The van der Waals surface area contributed by atoms with E-state index in [9.17, 15) is 13.5 Å². The third-order valence-corrected chi connectivity index (χ3v) is 4.42. The highest BCUT2D eigenvalue weighted by Crippen LogP contribution is 2.37. The first kappa shape index (κ1) is 16.5. The van der Waals surface area contributed by atoms with Crippen LogP contribution in [0.15, 0.2) is 24.3 Å². The van der Waals surface area contributed by atoms with Gasteiger partial charge in [-0.15, -0.1) is 10.2 Å². The van der Waals surface area contributed by atoms with E-state index in [2.05, 4.69) is 10.2 Å². The minimum absolute atomic E-state index is 0.00939. The second-order valence-corrected chi connectivity index (χ2v) is 6.70. The van der Waals surface area contributed by atoms with Crippen molar-refractivity contribution in [2.24, 2.45) is 5.14 Å². The maximum absolute atomic E-state index is 11.9. The molecule has 0 aliphatic carbocycles. The summed E-state index contributed by atoms with van der Waals surface area (Å²) < 4.78 is 23.9. The summed E-state index contributed by atoms with van der Waals surface area (Å²) in [4.78, 5) is 0. The molecule has 0 amide bonds. The van der Waals surface area contributed by atoms with Crippen LogP contribution in [0.4, 0.5) is 0 Å². The van der Waals surface area contributed by atoms with Crippen LogP contribution < -0.4 is 5.14 Å². The van der Waals surface area contributed by atoms with E-state index in [0.29, 0.717) is 0 Å². The van der Waals surface area contributed by atoms with Crippen molar-refractivity contribution >= 4 is 33.2 Å². The zero-order valence-electron chi connectivity index (χ0n) is 10.7. The lowest BCUT2D eigenvalue weighted by Crippen LogP contribution is -2.24. The molecular formula is C12H8Cl2N4O3S. The lowest BCUT2D eigenvalue weighted by Gasteiger charge is -2.17. The van der Waals surface area contributed by atoms with Crippen molar-refractivity contribution in [2.75, 3.05) is 0 Å². The third-order valence-electron chi connectivity index (χ3n) is 2.76. The maximum Gasteiger partial charge on any atom is 0.222 e. The fourth-order valence-corrected chi connectivity index (χ4v) is 3.31. The molecule has 1 atom stereocenters. The minimum atomic E-state index is -4.25. The summed E-state index contributed by atoms with van der Waals surface area (Å²) >= 11 is 11.6. The Kier molecular flexibility index (Phi) is 4.53. The first-order valence-corrected chi connectivity index (χ1v) is 8.04. The lowest BCUT2D eigenvalue weighted by molar-refractivity contribution is 0.460. The molecule has 0 saturated heterocycles. The molecule has 10 heteroatoms. The number of nitrogens with zero attached hydrogens (tertiary/aromatic N) is 3. The summed E-state index contributed by atoms with van der Waals surface area (Å²) in [6, 6.07) is 6.92. The number of nitriles is 1. The van der Waals surface area contributed by atoms with E-state index < -0.39 is 21.0 Å². The van der Waals surface area contributed by atoms with Gasteiger partial charge >= 0.3 is 0 Å². The maximum atomic E-state index is 11.9. The SMILES string of the molecule is N#Cc1ccc(Cl)c(C(c2nnc(Cl)cc2O)S(N)(=O)=O)c1. The molecular weight excluding hydrogens is 351 g/mol. The van der Waals surface area contributed by atoms with Gasteiger partial charge in [-0.2, -0.15) is 5.26 Å². The Balaban J connectivity index is 2.75. The van der Waals surface area contributed by atoms with Gasteiger partial charge in [0.2, 0.25) is 10.0 Å². The van der Waals surface area contributed by atoms with Crippen molar-refractivity contribution in [1.29, 1.82) is 5.26 Å². The molecule has 0 spiro atoms. The summed E-state index contributed by atoms with van der Waals surface area (Å²) in [6.07, 6.45) is 0. The predicted octanol–water partition coefficient (Wildman–Crippen LogP) is 1.74. The van der Waals surface area contributed by atoms with Crippen LogP contribution in [0.2, 0.25) is 10.2 Å². The third kappa shape index (κ3) is 3.28. The second-order valence-electron chi connectivity index (χ2n) is 4.25. The smallest absolute Gasteiger partial charge is 0.222 e. The molecule has 1 unspecified atom stereocenters. The zero-order chi connectivity index (χ0) is 16.5. The van der Waals surface area contributed by atoms with E-state index >= 15 is 0 Å². The second kappa shape index (κ2) is 6.06. The average Bonchev–Trinajstić information content (AvgIpc) is 2.42. The Morgan fingerprint density at radius 1 is 1.27 bits per heavy atom. The first-order chi connectivity index (χ1) is 10.2. The molecule has 0 radical (unpaired) electrons. The monoisotopic (exact) mass is 358 g/mol. The van der Waals surface area contributed by atoms with Gasteiger partial charge in [0.05, 0.1) is 11.6 Å². The van der Waals surface area contributed by atoms with E-state index in [1.54, 1.807) is 0 Å². The normalized spacial score (nSPS) is 12.6. The van der Waals surface area contributed by atoms with Gasteiger partial charge in [0.15, 0.2) is 5.15 Å². The Morgan fingerprint density at radius 3 is 2.50 bits per heavy atom. The van der Waals surface area contributed by atoms with Crippen LogP contribution in [0.3, 0.4) is 0 Å². The highest BCUT2D eigenvalue weighted by molar-refractivity contribution is 7.89. The topological polar surface area (TPSA) is 130 Å². The minimum Gasteiger partial charge on any atom is -0.506 e. The number of sulfonamides is 1. The molecule has 0 aliphatic rings. The summed E-state index contributed by atoms with van der Waals surface area (Å²) in [6.45, 7) is 0. The van der Waals surface area contributed by atoms with Gasteiger partial charge in [-0.3, -0.25) is 0 Å². The van der Waals surface area contributed by atoms with E-state index in [4.69, 9.17) is 33.6 Å². The average molecular weight is 359 g/mol. The fourth-order valence-electron chi connectivity index (χ4n) is 1.85. The van der Waals surface area contributed by atoms with Crippen molar-refractivity contribution < 1.29 is 13.5 Å². The molecule has 1 heterocycles. The molecule has 1 aromatic heterocycles. The number of nitrogens with two attached hydrogens (primary N) is 1. The largest absolute Gasteiger partial charge is 0.506 e. The Hall–Kier alpha value is -1.92. The van der Waals surface area contributed by atoms with E-state index in [-0.39, 0.29) is 27.0 Å². The van der Waals surface area contributed by atoms with Gasteiger partial charge in [-0.25, -0.2) is 13.6 Å². The van der Waals surface area contributed by atoms with E-state index in [0.717, 1.165) is 6.07 Å². The molecule has 0 fully saturated rings. The van der Waals surface area contributed by atoms with Crippen LogP contribution >= 0.6 is 23.2 Å². The molecule has 2 rings (SSSR count). The Morgan fingerprint density at radius 2 is 1.95 bits per heavy atom. The summed E-state index contributed by atoms with van der Waals surface area (Å²) in [7, 11) is -4.25. The molecule has 22 heavy (non-hydrogen) atoms. The van der Waals surface area contributed by atoms with Crippen molar-refractivity contribution in [1.82, 2.24) is 10.2 Å². The number of primary sulfonamides is 1. The Bertz CT molecular complexity index is 880. The van der Waals surface area contributed by atoms with Gasteiger partial charge < -0.3 is 5.11 Å². The van der Waals surface area contributed by atoms with Crippen molar-refractivity contribution in [2.45, 2.75) is 5.25 Å². The van der Waals surface area contributed by atoms with Gasteiger partial charge in [0.1, 0.15) is 16.7 Å². The number of halogens is 2. The number of benzene rings is 1. The molecule has 0 aliphatic heterocycles. The molecule has 114 valence electrons. The lowest BCUT2D eigenvalue weighted by atomic mass is 10.1. The number of aromatic nitrogens is 2. The summed E-state index contributed by atoms with van der Waals surface area (Å²) in [5, 5.41) is 29.5. The fraction of sp³-hybridized carbons (Fsp3) is 0.0833. The predicted molar refractivity (Wildman–Crippen MR) is 79.8 cm³/mol. The Labute approximate surface area is 136 Å². The summed E-state index contributed by atoms with van der Waals surface area (Å²) in [5.41, 5.74) is -0.145. The zero-order valence-corrected chi connectivity index (χ0v) is 13.1. The number of rotatable bonds is 3. The molecule has 7 nitrogen and oxygen atoms in total. The van der Waals surface area contributed by atoms with Crippen LogP contribution in [0, 0.1) is 11.3 Å². The summed E-state index contributed by atoms with van der Waals surface area (Å²) in [5.74, 6) is -0.502. The van der Waals surface area contributed by atoms with E-state index in [1.165, 1.54) is 18.2 Å². The van der Waals surface area contributed by atoms with Crippen molar-refractivity contribution in [3.8, 4) is 11.8 Å². The quantitative estimate of drug-likeness (QED) is 0.858. The van der Waals surface area contributed by atoms with Crippen molar-refractivity contribution in [3.63, 3.8) is 0 Å². The number of aromatic hydroxyl groups is 1. The standard InChI is InChI=1S/C12H8Cl2N4O3S/c13-8-2-1-6(5-15)3-7(8)12(22(16,20)21)11-9(19)4-10(14)17-18-11/h1-4,12H,(H,17,19)(H2,16,20,21). The first-order valence-electron chi connectivity index (χ1n) is 5.67. The van der Waals surface area contributed by atoms with Crippen LogP contribution in [0.1, 0.15) is 22.1 Å². The highest BCUT2D eigenvalue weighted by Gasteiger charge is 2.32. The molecule has 0 saturated carbocycles. The van der Waals surface area contributed by atoms with Crippen LogP contribution in [-0.2, 0) is 10.0 Å². The van der Waals surface area contributed by atoms with Crippen LogP contribution in [0.5, 0.6) is 5.75 Å². The van der Waals surface area contributed by atoms with Gasteiger partial charge in [0, 0.05) is 11.1 Å². The molecule has 1 aromatic carbocycles. The highest BCUT2D eigenvalue weighted by atomic mass is 35.5. The van der Waals surface area contributed by atoms with Gasteiger partial charge in [-0.1, -0.05) is 23.2 Å². The van der Waals surface area contributed by atoms with Crippen LogP contribution in [0.25, 0.3) is 0 Å². The van der Waals surface area contributed by atoms with E-state index in [1.807, 2.05) is 6.07 Å². The van der Waals surface area contributed by atoms with Crippen molar-refractivity contribution in [3.05, 3.63) is 51.3 Å². The number of hydrogen-bond donors (Lipinski definition) is 2.